The monoisotopic (exact) mass is 279 g/mol. The molecule has 0 aromatic heterocycles. The van der Waals surface area contributed by atoms with Gasteiger partial charge in [0.1, 0.15) is 0 Å². The van der Waals surface area contributed by atoms with Gasteiger partial charge in [-0.15, -0.1) is 11.8 Å². The van der Waals surface area contributed by atoms with E-state index in [2.05, 4.69) is 5.32 Å². The minimum atomic E-state index is -0.301. The van der Waals surface area contributed by atoms with E-state index in [-0.39, 0.29) is 24.4 Å². The summed E-state index contributed by atoms with van der Waals surface area (Å²) in [5.41, 5.74) is 0.711. The first-order chi connectivity index (χ1) is 9.19. The third kappa shape index (κ3) is 3.99. The van der Waals surface area contributed by atoms with Crippen molar-refractivity contribution in [3.8, 4) is 0 Å². The predicted octanol–water partition coefficient (Wildman–Crippen LogP) is 2.69. The lowest BCUT2D eigenvalue weighted by molar-refractivity contribution is -0.154. The number of ether oxygens (including phenoxy) is 1. The first-order valence-electron chi connectivity index (χ1n) is 6.29. The van der Waals surface area contributed by atoms with Crippen LogP contribution in [0.5, 0.6) is 0 Å². The molecule has 0 spiro atoms. The first kappa shape index (κ1) is 13.9. The van der Waals surface area contributed by atoms with Crippen molar-refractivity contribution in [2.45, 2.75) is 24.2 Å². The molecule has 0 aliphatic heterocycles. The van der Waals surface area contributed by atoms with Crippen LogP contribution in [0.3, 0.4) is 0 Å². The maximum absolute atomic E-state index is 11.6. The molecule has 1 aromatic carbocycles. The standard InChI is InChI=1S/C14H17NO3S/c1-19-12-7-5-11(6-8-12)15-13(16)9-18-14(17)10-3-2-4-10/h5-8,10H,2-4,9H2,1H3,(H,15,16). The second-order valence-electron chi connectivity index (χ2n) is 4.51. The summed E-state index contributed by atoms with van der Waals surface area (Å²) in [5.74, 6) is -0.544. The molecule has 1 N–H and O–H groups in total. The summed E-state index contributed by atoms with van der Waals surface area (Å²) in [5, 5.41) is 2.70. The maximum Gasteiger partial charge on any atom is 0.309 e. The molecule has 1 aromatic rings. The third-order valence-corrected chi connectivity index (χ3v) is 3.90. The topological polar surface area (TPSA) is 55.4 Å². The van der Waals surface area contributed by atoms with Crippen LogP contribution >= 0.6 is 11.8 Å². The Morgan fingerprint density at radius 1 is 1.32 bits per heavy atom. The molecule has 0 bridgehead atoms. The summed E-state index contributed by atoms with van der Waals surface area (Å²) in [6, 6.07) is 7.52. The summed E-state index contributed by atoms with van der Waals surface area (Å²) in [6.45, 7) is -0.209. The van der Waals surface area contributed by atoms with Crippen LogP contribution in [0.15, 0.2) is 29.2 Å². The van der Waals surface area contributed by atoms with Gasteiger partial charge in [-0.05, 0) is 43.4 Å². The van der Waals surface area contributed by atoms with E-state index in [9.17, 15) is 9.59 Å². The number of anilines is 1. The van der Waals surface area contributed by atoms with Crippen LogP contribution in [-0.2, 0) is 14.3 Å². The van der Waals surface area contributed by atoms with Crippen LogP contribution in [0, 0.1) is 5.92 Å². The molecule has 0 atom stereocenters. The molecular weight excluding hydrogens is 262 g/mol. The van der Waals surface area contributed by atoms with Crippen LogP contribution in [0.2, 0.25) is 0 Å². The fourth-order valence-electron chi connectivity index (χ4n) is 1.77. The van der Waals surface area contributed by atoms with Gasteiger partial charge in [-0.1, -0.05) is 6.42 Å². The second kappa shape index (κ2) is 6.61. The molecule has 0 unspecified atom stereocenters. The molecular formula is C14H17NO3S. The van der Waals surface area contributed by atoms with Crippen LogP contribution in [0.4, 0.5) is 5.69 Å². The molecule has 19 heavy (non-hydrogen) atoms. The van der Waals surface area contributed by atoms with Crippen LogP contribution in [0.25, 0.3) is 0 Å². The molecule has 0 radical (unpaired) electrons. The van der Waals surface area contributed by atoms with Crippen molar-refractivity contribution >= 4 is 29.3 Å². The number of nitrogens with one attached hydrogen (secondary N) is 1. The normalized spacial score (nSPS) is 14.6. The van der Waals surface area contributed by atoms with Crippen molar-refractivity contribution in [2.75, 3.05) is 18.2 Å². The third-order valence-electron chi connectivity index (χ3n) is 3.16. The number of thioether (sulfide) groups is 1. The number of benzene rings is 1. The lowest BCUT2D eigenvalue weighted by Gasteiger charge is -2.22. The van der Waals surface area contributed by atoms with Crippen LogP contribution in [0.1, 0.15) is 19.3 Å². The van der Waals surface area contributed by atoms with Gasteiger partial charge in [-0.2, -0.15) is 0 Å². The highest BCUT2D eigenvalue weighted by Gasteiger charge is 2.27. The summed E-state index contributed by atoms with van der Waals surface area (Å²) >= 11 is 1.64. The highest BCUT2D eigenvalue weighted by Crippen LogP contribution is 2.27. The molecule has 1 saturated carbocycles. The number of esters is 1. The van der Waals surface area contributed by atoms with Gasteiger partial charge >= 0.3 is 5.97 Å². The Balaban J connectivity index is 1.75. The zero-order valence-corrected chi connectivity index (χ0v) is 11.7. The second-order valence-corrected chi connectivity index (χ2v) is 5.39. The lowest BCUT2D eigenvalue weighted by atomic mass is 9.86. The largest absolute Gasteiger partial charge is 0.455 e. The van der Waals surface area contributed by atoms with E-state index in [1.165, 1.54) is 0 Å². The smallest absolute Gasteiger partial charge is 0.309 e. The Bertz CT molecular complexity index is 454. The fourth-order valence-corrected chi connectivity index (χ4v) is 2.18. The Labute approximate surface area is 116 Å². The number of hydrogen-bond acceptors (Lipinski definition) is 4. The van der Waals surface area contributed by atoms with Gasteiger partial charge in [0.2, 0.25) is 0 Å². The zero-order valence-electron chi connectivity index (χ0n) is 10.8. The minimum Gasteiger partial charge on any atom is -0.455 e. The Morgan fingerprint density at radius 3 is 2.53 bits per heavy atom. The van der Waals surface area contributed by atoms with Crippen molar-refractivity contribution in [1.29, 1.82) is 0 Å². The molecule has 2 rings (SSSR count). The number of carbonyl (C=O) groups excluding carboxylic acids is 2. The molecule has 102 valence electrons. The Morgan fingerprint density at radius 2 is 2.00 bits per heavy atom. The number of amides is 1. The quantitative estimate of drug-likeness (QED) is 0.665. The van der Waals surface area contributed by atoms with E-state index in [0.717, 1.165) is 24.2 Å². The van der Waals surface area contributed by atoms with Gasteiger partial charge in [-0.25, -0.2) is 0 Å². The molecule has 0 saturated heterocycles. The molecule has 1 fully saturated rings. The van der Waals surface area contributed by atoms with Gasteiger partial charge in [0.15, 0.2) is 6.61 Å². The Kier molecular flexibility index (Phi) is 4.85. The number of carbonyl (C=O) groups is 2. The average Bonchev–Trinajstić information content (AvgIpc) is 2.35. The van der Waals surface area contributed by atoms with Crippen LogP contribution in [-0.4, -0.2) is 24.7 Å². The molecule has 4 nitrogen and oxygen atoms in total. The lowest BCUT2D eigenvalue weighted by Crippen LogP contribution is -2.28. The van der Waals surface area contributed by atoms with Gasteiger partial charge in [-0.3, -0.25) is 9.59 Å². The van der Waals surface area contributed by atoms with Crippen LogP contribution < -0.4 is 5.32 Å². The minimum absolute atomic E-state index is 0.00802. The molecule has 1 amide bonds. The molecule has 1 aliphatic rings. The van der Waals surface area contributed by atoms with Gasteiger partial charge in [0.25, 0.3) is 5.91 Å². The summed E-state index contributed by atoms with van der Waals surface area (Å²) < 4.78 is 4.97. The van der Waals surface area contributed by atoms with Gasteiger partial charge in [0.05, 0.1) is 5.92 Å². The van der Waals surface area contributed by atoms with Gasteiger partial charge < -0.3 is 10.1 Å². The highest BCUT2D eigenvalue weighted by atomic mass is 32.2. The average molecular weight is 279 g/mol. The summed E-state index contributed by atoms with van der Waals surface area (Å²) in [6.07, 6.45) is 4.84. The molecule has 1 aliphatic carbocycles. The number of rotatable bonds is 5. The van der Waals surface area contributed by atoms with Crippen molar-refractivity contribution in [3.63, 3.8) is 0 Å². The van der Waals surface area contributed by atoms with E-state index in [4.69, 9.17) is 4.74 Å². The zero-order chi connectivity index (χ0) is 13.7. The SMILES string of the molecule is CSc1ccc(NC(=O)COC(=O)C2CCC2)cc1. The van der Waals surface area contributed by atoms with Crippen molar-refractivity contribution in [3.05, 3.63) is 24.3 Å². The van der Waals surface area contributed by atoms with Crippen molar-refractivity contribution < 1.29 is 14.3 Å². The predicted molar refractivity (Wildman–Crippen MR) is 75.2 cm³/mol. The van der Waals surface area contributed by atoms with E-state index in [0.29, 0.717) is 5.69 Å². The van der Waals surface area contributed by atoms with E-state index in [1.54, 1.807) is 11.8 Å². The van der Waals surface area contributed by atoms with Crippen molar-refractivity contribution in [1.82, 2.24) is 0 Å². The summed E-state index contributed by atoms with van der Waals surface area (Å²) in [7, 11) is 0. The first-order valence-corrected chi connectivity index (χ1v) is 7.52. The van der Waals surface area contributed by atoms with E-state index >= 15 is 0 Å². The summed E-state index contributed by atoms with van der Waals surface area (Å²) in [4.78, 5) is 24.2. The fraction of sp³-hybridized carbons (Fsp3) is 0.429. The number of hydrogen-bond donors (Lipinski definition) is 1. The molecule has 5 heteroatoms. The van der Waals surface area contributed by atoms with Crippen molar-refractivity contribution in [2.24, 2.45) is 5.92 Å². The van der Waals surface area contributed by atoms with E-state index in [1.807, 2.05) is 30.5 Å². The maximum atomic E-state index is 11.6. The van der Waals surface area contributed by atoms with Gasteiger partial charge in [0, 0.05) is 10.6 Å². The molecule has 0 heterocycles. The van der Waals surface area contributed by atoms with E-state index < -0.39 is 0 Å². The highest BCUT2D eigenvalue weighted by molar-refractivity contribution is 7.98. The Hall–Kier alpha value is -1.49.